The number of nitrogens with one attached hydrogen (secondary N) is 3. The van der Waals surface area contributed by atoms with Crippen LogP contribution in [-0.4, -0.2) is 11.9 Å². The van der Waals surface area contributed by atoms with Crippen LogP contribution in [0.3, 0.4) is 0 Å². The SMILES string of the molecule is Fc1ccc(NNC(=S)NCc2ccc3c(c2)OCO3)cc1. The fourth-order valence-corrected chi connectivity index (χ4v) is 2.06. The number of hydrogen-bond acceptors (Lipinski definition) is 4. The summed E-state index contributed by atoms with van der Waals surface area (Å²) in [6.45, 7) is 0.807. The zero-order chi connectivity index (χ0) is 15.4. The van der Waals surface area contributed by atoms with Gasteiger partial charge in [0.15, 0.2) is 16.6 Å². The Morgan fingerprint density at radius 2 is 1.86 bits per heavy atom. The predicted octanol–water partition coefficient (Wildman–Crippen LogP) is 2.55. The van der Waals surface area contributed by atoms with Gasteiger partial charge in [0.25, 0.3) is 0 Å². The van der Waals surface area contributed by atoms with E-state index in [0.29, 0.717) is 17.3 Å². The van der Waals surface area contributed by atoms with Gasteiger partial charge in [0.05, 0.1) is 5.69 Å². The predicted molar refractivity (Wildman–Crippen MR) is 85.2 cm³/mol. The number of halogens is 1. The highest BCUT2D eigenvalue weighted by molar-refractivity contribution is 7.80. The third kappa shape index (κ3) is 3.56. The third-order valence-electron chi connectivity index (χ3n) is 3.05. The second kappa shape index (κ2) is 6.48. The lowest BCUT2D eigenvalue weighted by atomic mass is 10.2. The molecule has 0 amide bonds. The zero-order valence-corrected chi connectivity index (χ0v) is 12.4. The Balaban J connectivity index is 1.47. The molecule has 0 bridgehead atoms. The first-order valence-electron chi connectivity index (χ1n) is 6.65. The average molecular weight is 319 g/mol. The van der Waals surface area contributed by atoms with Crippen LogP contribution in [0, 0.1) is 5.82 Å². The van der Waals surface area contributed by atoms with Crippen molar-refractivity contribution in [2.24, 2.45) is 0 Å². The molecular formula is C15H14FN3O2S. The molecule has 0 radical (unpaired) electrons. The van der Waals surface area contributed by atoms with Crippen LogP contribution in [-0.2, 0) is 6.54 Å². The number of fused-ring (bicyclic) bond motifs is 1. The van der Waals surface area contributed by atoms with E-state index in [2.05, 4.69) is 16.2 Å². The number of hydrazine groups is 1. The van der Waals surface area contributed by atoms with Gasteiger partial charge in [-0.25, -0.2) is 4.39 Å². The molecule has 3 N–H and O–H groups in total. The van der Waals surface area contributed by atoms with Crippen molar-refractivity contribution in [2.45, 2.75) is 6.54 Å². The summed E-state index contributed by atoms with van der Waals surface area (Å²) in [6.07, 6.45) is 0. The van der Waals surface area contributed by atoms with E-state index in [4.69, 9.17) is 21.7 Å². The molecule has 114 valence electrons. The van der Waals surface area contributed by atoms with E-state index in [1.807, 2.05) is 18.2 Å². The molecule has 0 aliphatic carbocycles. The van der Waals surface area contributed by atoms with Gasteiger partial charge in [0.1, 0.15) is 5.82 Å². The Hall–Kier alpha value is -2.54. The topological polar surface area (TPSA) is 54.5 Å². The van der Waals surface area contributed by atoms with Gasteiger partial charge < -0.3 is 14.8 Å². The minimum absolute atomic E-state index is 0.258. The van der Waals surface area contributed by atoms with E-state index >= 15 is 0 Å². The second-order valence-electron chi connectivity index (χ2n) is 4.63. The van der Waals surface area contributed by atoms with Crippen molar-refractivity contribution >= 4 is 23.0 Å². The summed E-state index contributed by atoms with van der Waals surface area (Å²) < 4.78 is 23.4. The van der Waals surface area contributed by atoms with Gasteiger partial charge in [-0.1, -0.05) is 6.07 Å². The summed E-state index contributed by atoms with van der Waals surface area (Å²) in [7, 11) is 0. The standard InChI is InChI=1S/C15H14FN3O2S/c16-11-2-4-12(5-3-11)18-19-15(22)17-8-10-1-6-13-14(7-10)21-9-20-13/h1-7,18H,8-9H2,(H2,17,19,22). The summed E-state index contributed by atoms with van der Waals surface area (Å²) in [5.41, 5.74) is 7.46. The first kappa shape index (κ1) is 14.4. The summed E-state index contributed by atoms with van der Waals surface area (Å²) in [5.74, 6) is 1.21. The molecule has 3 rings (SSSR count). The number of benzene rings is 2. The van der Waals surface area contributed by atoms with E-state index < -0.39 is 0 Å². The van der Waals surface area contributed by atoms with E-state index in [1.165, 1.54) is 12.1 Å². The maximum Gasteiger partial charge on any atom is 0.231 e. The first-order chi connectivity index (χ1) is 10.7. The van der Waals surface area contributed by atoms with Crippen LogP contribution in [0.2, 0.25) is 0 Å². The molecule has 0 aromatic heterocycles. The van der Waals surface area contributed by atoms with E-state index in [1.54, 1.807) is 12.1 Å². The summed E-state index contributed by atoms with van der Waals surface area (Å²) in [4.78, 5) is 0. The molecule has 1 aliphatic heterocycles. The zero-order valence-electron chi connectivity index (χ0n) is 11.6. The third-order valence-corrected chi connectivity index (χ3v) is 3.30. The largest absolute Gasteiger partial charge is 0.454 e. The molecule has 0 saturated carbocycles. The van der Waals surface area contributed by atoms with Crippen LogP contribution in [0.25, 0.3) is 0 Å². The quantitative estimate of drug-likeness (QED) is 0.595. The van der Waals surface area contributed by atoms with Crippen molar-refractivity contribution in [1.29, 1.82) is 0 Å². The molecule has 5 nitrogen and oxygen atoms in total. The molecule has 0 spiro atoms. The molecule has 7 heteroatoms. The highest BCUT2D eigenvalue weighted by Crippen LogP contribution is 2.32. The number of thiocarbonyl (C=S) groups is 1. The molecular weight excluding hydrogens is 305 g/mol. The Morgan fingerprint density at radius 1 is 1.09 bits per heavy atom. The van der Waals surface area contributed by atoms with Crippen molar-refractivity contribution in [3.05, 3.63) is 53.8 Å². The smallest absolute Gasteiger partial charge is 0.231 e. The lowest BCUT2D eigenvalue weighted by molar-refractivity contribution is 0.174. The fourth-order valence-electron chi connectivity index (χ4n) is 1.94. The van der Waals surface area contributed by atoms with E-state index in [9.17, 15) is 4.39 Å². The number of rotatable bonds is 4. The summed E-state index contributed by atoms with van der Waals surface area (Å²) in [5, 5.41) is 3.49. The van der Waals surface area contributed by atoms with Crippen molar-refractivity contribution in [1.82, 2.24) is 10.7 Å². The minimum Gasteiger partial charge on any atom is -0.454 e. The van der Waals surface area contributed by atoms with Gasteiger partial charge in [-0.05, 0) is 54.2 Å². The Bertz CT molecular complexity index is 679. The molecule has 0 saturated heterocycles. The van der Waals surface area contributed by atoms with Crippen LogP contribution in [0.15, 0.2) is 42.5 Å². The normalized spacial score (nSPS) is 11.9. The summed E-state index contributed by atoms with van der Waals surface area (Å²) >= 11 is 5.16. The highest BCUT2D eigenvalue weighted by Gasteiger charge is 2.12. The van der Waals surface area contributed by atoms with E-state index in [0.717, 1.165) is 17.1 Å². The van der Waals surface area contributed by atoms with Crippen molar-refractivity contribution in [3.8, 4) is 11.5 Å². The molecule has 2 aromatic carbocycles. The Labute approximate surface area is 132 Å². The van der Waals surface area contributed by atoms with Gasteiger partial charge in [0, 0.05) is 6.54 Å². The fraction of sp³-hybridized carbons (Fsp3) is 0.133. The molecule has 0 atom stereocenters. The van der Waals surface area contributed by atoms with Crippen molar-refractivity contribution in [3.63, 3.8) is 0 Å². The minimum atomic E-state index is -0.283. The molecule has 1 aliphatic rings. The van der Waals surface area contributed by atoms with Crippen molar-refractivity contribution in [2.75, 3.05) is 12.2 Å². The van der Waals surface area contributed by atoms with Gasteiger partial charge in [0.2, 0.25) is 6.79 Å². The van der Waals surface area contributed by atoms with Crippen LogP contribution in [0.4, 0.5) is 10.1 Å². The lowest BCUT2D eigenvalue weighted by Crippen LogP contribution is -2.38. The van der Waals surface area contributed by atoms with Gasteiger partial charge >= 0.3 is 0 Å². The Kier molecular flexibility index (Phi) is 4.24. The van der Waals surface area contributed by atoms with Crippen LogP contribution in [0.5, 0.6) is 11.5 Å². The van der Waals surface area contributed by atoms with Gasteiger partial charge in [-0.3, -0.25) is 10.9 Å². The maximum atomic E-state index is 12.8. The lowest BCUT2D eigenvalue weighted by Gasteiger charge is -2.12. The highest BCUT2D eigenvalue weighted by atomic mass is 32.1. The molecule has 0 fully saturated rings. The van der Waals surface area contributed by atoms with Crippen LogP contribution in [0.1, 0.15) is 5.56 Å². The maximum absolute atomic E-state index is 12.8. The summed E-state index contributed by atoms with van der Waals surface area (Å²) in [6, 6.07) is 11.7. The molecule has 22 heavy (non-hydrogen) atoms. The number of hydrogen-bond donors (Lipinski definition) is 3. The number of ether oxygens (including phenoxy) is 2. The Morgan fingerprint density at radius 3 is 2.68 bits per heavy atom. The van der Waals surface area contributed by atoms with Gasteiger partial charge in [-0.15, -0.1) is 0 Å². The second-order valence-corrected chi connectivity index (χ2v) is 5.04. The van der Waals surface area contributed by atoms with Crippen LogP contribution < -0.4 is 25.6 Å². The molecule has 2 aromatic rings. The van der Waals surface area contributed by atoms with Gasteiger partial charge in [-0.2, -0.15) is 0 Å². The van der Waals surface area contributed by atoms with Crippen LogP contribution >= 0.6 is 12.2 Å². The monoisotopic (exact) mass is 319 g/mol. The first-order valence-corrected chi connectivity index (χ1v) is 7.05. The van der Waals surface area contributed by atoms with Crippen molar-refractivity contribution < 1.29 is 13.9 Å². The molecule has 1 heterocycles. The average Bonchev–Trinajstić information content (AvgIpc) is 3.00. The number of anilines is 1. The molecule has 0 unspecified atom stereocenters. The van der Waals surface area contributed by atoms with E-state index in [-0.39, 0.29) is 12.6 Å².